The van der Waals surface area contributed by atoms with Crippen LogP contribution < -0.4 is 0 Å². The molecule has 0 heterocycles. The molecular weight excluding hydrogens is 268 g/mol. The topological polar surface area (TPSA) is 115 Å². The van der Waals surface area contributed by atoms with E-state index in [0.717, 1.165) is 0 Å². The smallest absolute Gasteiger partial charge is 0.258 e. The fourth-order valence-electron chi connectivity index (χ4n) is 1.99. The van der Waals surface area contributed by atoms with Gasteiger partial charge in [0, 0.05) is 11.6 Å². The lowest BCUT2D eigenvalue weighted by molar-refractivity contribution is -0.384. The molecule has 0 amide bonds. The molecule has 0 unspecified atom stereocenters. The quantitative estimate of drug-likeness (QED) is 0.616. The SMILES string of the molecule is N#Cc1ccc(-c2c(C#N)cccc2[N+](=O)[O-])c(C#N)c1. The standard InChI is InChI=1S/C15H6N4O2/c16-7-10-4-5-13(12(6-10)9-18)15-11(8-17)2-1-3-14(15)19(20)21/h1-6H. The molecule has 0 bridgehead atoms. The summed E-state index contributed by atoms with van der Waals surface area (Å²) in [5.41, 5.74) is 0.583. The number of nitrogens with zero attached hydrogens (tertiary/aromatic N) is 4. The van der Waals surface area contributed by atoms with Crippen LogP contribution in [-0.4, -0.2) is 4.92 Å². The molecule has 2 aromatic rings. The molecule has 0 aromatic heterocycles. The predicted molar refractivity (Wildman–Crippen MR) is 72.7 cm³/mol. The van der Waals surface area contributed by atoms with Gasteiger partial charge in [0.25, 0.3) is 5.69 Å². The Hall–Kier alpha value is -3.69. The van der Waals surface area contributed by atoms with Crippen LogP contribution in [0.3, 0.4) is 0 Å². The van der Waals surface area contributed by atoms with Gasteiger partial charge < -0.3 is 0 Å². The van der Waals surface area contributed by atoms with Gasteiger partial charge in [0.1, 0.15) is 6.07 Å². The van der Waals surface area contributed by atoms with E-state index in [1.165, 1.54) is 36.4 Å². The van der Waals surface area contributed by atoms with Crippen LogP contribution in [0, 0.1) is 44.1 Å². The minimum absolute atomic E-state index is 0.0889. The number of hydrogen-bond donors (Lipinski definition) is 0. The number of nitro benzene ring substituents is 1. The van der Waals surface area contributed by atoms with Crippen molar-refractivity contribution in [3.8, 4) is 29.3 Å². The summed E-state index contributed by atoms with van der Waals surface area (Å²) >= 11 is 0. The van der Waals surface area contributed by atoms with E-state index in [0.29, 0.717) is 0 Å². The summed E-state index contributed by atoms with van der Waals surface area (Å²) in [7, 11) is 0. The Bertz CT molecular complexity index is 867. The second-order valence-electron chi connectivity index (χ2n) is 4.05. The first-order valence-corrected chi connectivity index (χ1v) is 5.74. The molecule has 0 N–H and O–H groups in total. The van der Waals surface area contributed by atoms with E-state index >= 15 is 0 Å². The Morgan fingerprint density at radius 1 is 0.952 bits per heavy atom. The summed E-state index contributed by atoms with van der Waals surface area (Å²) in [6.45, 7) is 0. The van der Waals surface area contributed by atoms with Crippen molar-refractivity contribution >= 4 is 5.69 Å². The highest BCUT2D eigenvalue weighted by Gasteiger charge is 2.21. The Labute approximate surface area is 119 Å². The molecule has 0 aliphatic carbocycles. The van der Waals surface area contributed by atoms with Gasteiger partial charge in [-0.1, -0.05) is 12.1 Å². The number of nitro groups is 1. The molecule has 98 valence electrons. The monoisotopic (exact) mass is 274 g/mol. The van der Waals surface area contributed by atoms with Crippen LogP contribution in [0.15, 0.2) is 36.4 Å². The molecule has 0 radical (unpaired) electrons. The Balaban J connectivity index is 2.86. The lowest BCUT2D eigenvalue weighted by Crippen LogP contribution is -1.97. The van der Waals surface area contributed by atoms with Gasteiger partial charge in [0.05, 0.1) is 39.3 Å². The summed E-state index contributed by atoms with van der Waals surface area (Å²) in [4.78, 5) is 10.5. The van der Waals surface area contributed by atoms with Crippen molar-refractivity contribution in [3.63, 3.8) is 0 Å². The summed E-state index contributed by atoms with van der Waals surface area (Å²) in [5.74, 6) is 0. The number of rotatable bonds is 2. The second-order valence-corrected chi connectivity index (χ2v) is 4.05. The van der Waals surface area contributed by atoms with Crippen molar-refractivity contribution in [1.29, 1.82) is 15.8 Å². The van der Waals surface area contributed by atoms with Gasteiger partial charge in [0.15, 0.2) is 0 Å². The average molecular weight is 274 g/mol. The van der Waals surface area contributed by atoms with Crippen LogP contribution >= 0.6 is 0 Å². The molecule has 0 spiro atoms. The van der Waals surface area contributed by atoms with Crippen molar-refractivity contribution in [2.75, 3.05) is 0 Å². The van der Waals surface area contributed by atoms with E-state index in [9.17, 15) is 15.4 Å². The normalized spacial score (nSPS) is 9.19. The van der Waals surface area contributed by atoms with E-state index in [1.807, 2.05) is 18.2 Å². The average Bonchev–Trinajstić information content (AvgIpc) is 2.53. The molecule has 0 saturated heterocycles. The zero-order chi connectivity index (χ0) is 15.4. The van der Waals surface area contributed by atoms with Crippen LogP contribution in [0.2, 0.25) is 0 Å². The van der Waals surface area contributed by atoms with Gasteiger partial charge in [-0.3, -0.25) is 10.1 Å². The van der Waals surface area contributed by atoms with Gasteiger partial charge in [-0.25, -0.2) is 0 Å². The highest BCUT2D eigenvalue weighted by molar-refractivity contribution is 5.83. The van der Waals surface area contributed by atoms with Crippen molar-refractivity contribution in [1.82, 2.24) is 0 Å². The number of nitriles is 3. The maximum Gasteiger partial charge on any atom is 0.278 e. The van der Waals surface area contributed by atoms with E-state index in [-0.39, 0.29) is 33.5 Å². The third kappa shape index (κ3) is 2.40. The maximum atomic E-state index is 11.1. The molecule has 0 aliphatic rings. The Morgan fingerprint density at radius 3 is 2.24 bits per heavy atom. The van der Waals surface area contributed by atoms with Gasteiger partial charge in [-0.05, 0) is 18.2 Å². The molecule has 0 atom stereocenters. The third-order valence-electron chi connectivity index (χ3n) is 2.90. The van der Waals surface area contributed by atoms with Crippen LogP contribution in [-0.2, 0) is 0 Å². The summed E-state index contributed by atoms with van der Waals surface area (Å²) in [5, 5.41) is 38.3. The van der Waals surface area contributed by atoms with E-state index < -0.39 is 4.92 Å². The predicted octanol–water partition coefficient (Wildman–Crippen LogP) is 2.88. The van der Waals surface area contributed by atoms with Gasteiger partial charge >= 0.3 is 0 Å². The maximum absolute atomic E-state index is 11.1. The summed E-state index contributed by atoms with van der Waals surface area (Å²) < 4.78 is 0. The first-order valence-electron chi connectivity index (χ1n) is 5.74. The zero-order valence-electron chi connectivity index (χ0n) is 10.6. The van der Waals surface area contributed by atoms with Gasteiger partial charge in [0.2, 0.25) is 0 Å². The minimum Gasteiger partial charge on any atom is -0.258 e. The van der Waals surface area contributed by atoms with Crippen LogP contribution in [0.4, 0.5) is 5.69 Å². The minimum atomic E-state index is -0.602. The molecule has 6 heteroatoms. The van der Waals surface area contributed by atoms with Crippen molar-refractivity contribution < 1.29 is 4.92 Å². The van der Waals surface area contributed by atoms with E-state index in [2.05, 4.69) is 0 Å². The third-order valence-corrected chi connectivity index (χ3v) is 2.90. The molecule has 0 fully saturated rings. The number of benzene rings is 2. The number of hydrogen-bond acceptors (Lipinski definition) is 5. The fraction of sp³-hybridized carbons (Fsp3) is 0. The second kappa shape index (κ2) is 5.52. The Morgan fingerprint density at radius 2 is 1.67 bits per heavy atom. The van der Waals surface area contributed by atoms with Crippen molar-refractivity contribution in [2.24, 2.45) is 0 Å². The zero-order valence-corrected chi connectivity index (χ0v) is 10.6. The lowest BCUT2D eigenvalue weighted by atomic mass is 9.93. The van der Waals surface area contributed by atoms with Crippen LogP contribution in [0.1, 0.15) is 16.7 Å². The molecule has 2 aromatic carbocycles. The first kappa shape index (κ1) is 13.7. The van der Waals surface area contributed by atoms with Crippen molar-refractivity contribution in [2.45, 2.75) is 0 Å². The fourth-order valence-corrected chi connectivity index (χ4v) is 1.99. The lowest BCUT2D eigenvalue weighted by Gasteiger charge is -2.07. The molecule has 21 heavy (non-hydrogen) atoms. The van der Waals surface area contributed by atoms with E-state index in [1.54, 1.807) is 0 Å². The van der Waals surface area contributed by atoms with Gasteiger partial charge in [-0.15, -0.1) is 0 Å². The van der Waals surface area contributed by atoms with Crippen LogP contribution in [0.25, 0.3) is 11.1 Å². The van der Waals surface area contributed by atoms with Crippen LogP contribution in [0.5, 0.6) is 0 Å². The summed E-state index contributed by atoms with van der Waals surface area (Å²) in [6, 6.07) is 14.1. The molecule has 0 saturated carbocycles. The molecule has 0 aliphatic heterocycles. The largest absolute Gasteiger partial charge is 0.278 e. The highest BCUT2D eigenvalue weighted by atomic mass is 16.6. The molecular formula is C15H6N4O2. The highest BCUT2D eigenvalue weighted by Crippen LogP contribution is 2.35. The summed E-state index contributed by atoms with van der Waals surface area (Å²) in [6.07, 6.45) is 0. The molecule has 6 nitrogen and oxygen atoms in total. The molecule has 2 rings (SSSR count). The van der Waals surface area contributed by atoms with E-state index in [4.69, 9.17) is 10.5 Å². The Kier molecular flexibility index (Phi) is 3.61. The first-order chi connectivity index (χ1) is 10.1. The van der Waals surface area contributed by atoms with Crippen molar-refractivity contribution in [3.05, 3.63) is 63.2 Å². The van der Waals surface area contributed by atoms with Gasteiger partial charge in [-0.2, -0.15) is 15.8 Å².